The molecule has 234 valence electrons. The molecule has 0 saturated carbocycles. The molecule has 6 nitrogen and oxygen atoms in total. The molecule has 4 heterocycles. The topological polar surface area (TPSA) is 69.6 Å². The summed E-state index contributed by atoms with van der Waals surface area (Å²) in [6.07, 6.45) is 1.83. The predicted molar refractivity (Wildman–Crippen MR) is 201 cm³/mol. The van der Waals surface area contributed by atoms with Crippen molar-refractivity contribution in [3.8, 4) is 51.1 Å². The number of fused-ring (bicyclic) bond motifs is 6. The lowest BCUT2D eigenvalue weighted by Crippen LogP contribution is -2.06. The van der Waals surface area contributed by atoms with Crippen molar-refractivity contribution in [3.05, 3.63) is 164 Å². The highest BCUT2D eigenvalue weighted by Gasteiger charge is 2.20. The van der Waals surface area contributed by atoms with Crippen LogP contribution in [0.4, 0.5) is 0 Å². The summed E-state index contributed by atoms with van der Waals surface area (Å²) in [5, 5.41) is 4.34. The summed E-state index contributed by atoms with van der Waals surface area (Å²) in [6, 6.07) is 53.9. The van der Waals surface area contributed by atoms with Crippen molar-refractivity contribution in [1.29, 1.82) is 0 Å². The molecule has 0 fully saturated rings. The van der Waals surface area contributed by atoms with E-state index in [2.05, 4.69) is 76.3 Å². The van der Waals surface area contributed by atoms with Gasteiger partial charge in [0, 0.05) is 50.5 Å². The zero-order valence-corrected chi connectivity index (χ0v) is 26.7. The van der Waals surface area contributed by atoms with Crippen LogP contribution in [-0.2, 0) is 0 Å². The Bertz CT molecular complexity index is 2800. The summed E-state index contributed by atoms with van der Waals surface area (Å²) >= 11 is 0. The predicted octanol–water partition coefficient (Wildman–Crippen LogP) is 10.9. The maximum atomic E-state index is 6.41. The molecule has 0 N–H and O–H groups in total. The van der Waals surface area contributed by atoms with Crippen molar-refractivity contribution in [1.82, 2.24) is 24.5 Å². The molecule has 0 aliphatic heterocycles. The first kappa shape index (κ1) is 28.1. The van der Waals surface area contributed by atoms with E-state index >= 15 is 0 Å². The first-order valence-electron chi connectivity index (χ1n) is 16.6. The van der Waals surface area contributed by atoms with Crippen molar-refractivity contribution in [2.24, 2.45) is 0 Å². The van der Waals surface area contributed by atoms with Crippen LogP contribution in [0.25, 0.3) is 94.9 Å². The van der Waals surface area contributed by atoms with Gasteiger partial charge >= 0.3 is 0 Å². The molecule has 0 aliphatic carbocycles. The number of hydrogen-bond donors (Lipinski definition) is 0. The molecule has 10 aromatic rings. The summed E-state index contributed by atoms with van der Waals surface area (Å²) < 4.78 is 8.55. The fourth-order valence-electron chi connectivity index (χ4n) is 6.92. The summed E-state index contributed by atoms with van der Waals surface area (Å²) in [6.45, 7) is 0. The van der Waals surface area contributed by atoms with Crippen LogP contribution >= 0.6 is 0 Å². The quantitative estimate of drug-likeness (QED) is 0.187. The average molecular weight is 642 g/mol. The van der Waals surface area contributed by atoms with Crippen LogP contribution in [0.1, 0.15) is 0 Å². The molecule has 6 heteroatoms. The molecular formula is C44H27N5O. The van der Waals surface area contributed by atoms with Crippen LogP contribution in [0.3, 0.4) is 0 Å². The zero-order chi connectivity index (χ0) is 33.0. The van der Waals surface area contributed by atoms with Crippen molar-refractivity contribution in [2.45, 2.75) is 0 Å². The number of aromatic nitrogens is 5. The van der Waals surface area contributed by atoms with Crippen molar-refractivity contribution in [2.75, 3.05) is 0 Å². The third kappa shape index (κ3) is 4.65. The zero-order valence-electron chi connectivity index (χ0n) is 26.7. The lowest BCUT2D eigenvalue weighted by molar-refractivity contribution is 0.669. The van der Waals surface area contributed by atoms with Gasteiger partial charge in [-0.3, -0.25) is 9.55 Å². The summed E-state index contributed by atoms with van der Waals surface area (Å²) in [4.78, 5) is 19.8. The standard InChI is InChI=1S/C44H27N5O/c1-3-12-28(13-4-1)42-46-43(29-14-5-2-6-15-29)48-44(47-42)49-38-22-21-31(30-16-11-17-32(24-30)37-19-9-10-23-45-37)25-34(38)35-26-36-33-18-7-8-20-40(33)50-41(36)27-39(35)49/h1-27H. The van der Waals surface area contributed by atoms with E-state index < -0.39 is 0 Å². The van der Waals surface area contributed by atoms with Crippen LogP contribution in [-0.4, -0.2) is 24.5 Å². The average Bonchev–Trinajstić information content (AvgIpc) is 3.72. The van der Waals surface area contributed by atoms with Gasteiger partial charge in [-0.25, -0.2) is 4.98 Å². The summed E-state index contributed by atoms with van der Waals surface area (Å²) in [7, 11) is 0. The van der Waals surface area contributed by atoms with E-state index in [0.29, 0.717) is 17.6 Å². The number of nitrogens with zero attached hydrogens (tertiary/aromatic N) is 5. The van der Waals surface area contributed by atoms with E-state index in [0.717, 1.165) is 77.3 Å². The fourth-order valence-corrected chi connectivity index (χ4v) is 6.92. The highest BCUT2D eigenvalue weighted by molar-refractivity contribution is 6.17. The molecule has 4 aromatic heterocycles. The number of benzene rings is 6. The first-order valence-corrected chi connectivity index (χ1v) is 16.6. The van der Waals surface area contributed by atoms with E-state index in [-0.39, 0.29) is 0 Å². The van der Waals surface area contributed by atoms with Crippen molar-refractivity contribution in [3.63, 3.8) is 0 Å². The van der Waals surface area contributed by atoms with Gasteiger partial charge in [-0.2, -0.15) is 9.97 Å². The lowest BCUT2D eigenvalue weighted by atomic mass is 9.99. The largest absolute Gasteiger partial charge is 0.456 e. The van der Waals surface area contributed by atoms with Gasteiger partial charge in [0.2, 0.25) is 5.95 Å². The molecule has 0 radical (unpaired) electrons. The summed E-state index contributed by atoms with van der Waals surface area (Å²) in [5.41, 5.74) is 9.70. The Morgan fingerprint density at radius 2 is 1.06 bits per heavy atom. The maximum absolute atomic E-state index is 6.41. The number of furan rings is 1. The molecule has 0 spiro atoms. The highest BCUT2D eigenvalue weighted by atomic mass is 16.3. The minimum absolute atomic E-state index is 0.540. The van der Waals surface area contributed by atoms with Crippen molar-refractivity contribution < 1.29 is 4.42 Å². The SMILES string of the molecule is c1ccc(-c2nc(-c3ccccc3)nc(-n3c4ccc(-c5cccc(-c6ccccn6)c5)cc4c4cc5c(cc43)oc3ccccc35)n2)cc1. The third-order valence-corrected chi connectivity index (χ3v) is 9.31. The normalized spacial score (nSPS) is 11.6. The van der Waals surface area contributed by atoms with Gasteiger partial charge in [0.1, 0.15) is 11.2 Å². The monoisotopic (exact) mass is 641 g/mol. The van der Waals surface area contributed by atoms with Crippen LogP contribution < -0.4 is 0 Å². The van der Waals surface area contributed by atoms with E-state index in [1.807, 2.05) is 97.2 Å². The van der Waals surface area contributed by atoms with Crippen LogP contribution in [0, 0.1) is 0 Å². The van der Waals surface area contributed by atoms with Crippen molar-refractivity contribution >= 4 is 43.7 Å². The Kier molecular flexibility index (Phi) is 6.39. The highest BCUT2D eigenvalue weighted by Crippen LogP contribution is 2.40. The number of para-hydroxylation sites is 1. The Labute approximate surface area is 287 Å². The third-order valence-electron chi connectivity index (χ3n) is 9.31. The number of rotatable bonds is 5. The molecule has 50 heavy (non-hydrogen) atoms. The van der Waals surface area contributed by atoms with Gasteiger partial charge in [0.25, 0.3) is 0 Å². The Morgan fingerprint density at radius 3 is 1.82 bits per heavy atom. The minimum Gasteiger partial charge on any atom is -0.456 e. The molecule has 0 amide bonds. The van der Waals surface area contributed by atoms with Gasteiger partial charge in [-0.05, 0) is 53.6 Å². The van der Waals surface area contributed by atoms with E-state index in [1.165, 1.54) is 0 Å². The smallest absolute Gasteiger partial charge is 0.238 e. The molecule has 0 atom stereocenters. The van der Waals surface area contributed by atoms with Crippen LogP contribution in [0.2, 0.25) is 0 Å². The van der Waals surface area contributed by atoms with Gasteiger partial charge in [0.05, 0.1) is 16.7 Å². The molecule has 0 aliphatic rings. The van der Waals surface area contributed by atoms with Gasteiger partial charge < -0.3 is 4.42 Å². The van der Waals surface area contributed by atoms with Gasteiger partial charge in [0.15, 0.2) is 11.6 Å². The van der Waals surface area contributed by atoms with Crippen LogP contribution in [0.15, 0.2) is 168 Å². The second-order valence-corrected chi connectivity index (χ2v) is 12.3. The van der Waals surface area contributed by atoms with Gasteiger partial charge in [-0.15, -0.1) is 0 Å². The molecule has 6 aromatic carbocycles. The van der Waals surface area contributed by atoms with E-state index in [1.54, 1.807) is 0 Å². The first-order chi connectivity index (χ1) is 24.8. The molecular weight excluding hydrogens is 615 g/mol. The van der Waals surface area contributed by atoms with E-state index in [9.17, 15) is 0 Å². The van der Waals surface area contributed by atoms with Gasteiger partial charge in [-0.1, -0.05) is 109 Å². The molecule has 0 saturated heterocycles. The Balaban J connectivity index is 1.26. The molecule has 0 bridgehead atoms. The maximum Gasteiger partial charge on any atom is 0.238 e. The lowest BCUT2D eigenvalue weighted by Gasteiger charge is -2.11. The Morgan fingerprint density at radius 1 is 0.400 bits per heavy atom. The summed E-state index contributed by atoms with van der Waals surface area (Å²) in [5.74, 6) is 1.76. The molecule has 0 unspecified atom stereocenters. The second-order valence-electron chi connectivity index (χ2n) is 12.3. The Hall–Kier alpha value is -6.92. The molecule has 10 rings (SSSR count). The van der Waals surface area contributed by atoms with Crippen LogP contribution in [0.5, 0.6) is 0 Å². The van der Waals surface area contributed by atoms with E-state index in [4.69, 9.17) is 19.4 Å². The fraction of sp³-hybridized carbons (Fsp3) is 0. The number of pyridine rings is 1. The minimum atomic E-state index is 0.540. The number of hydrogen-bond acceptors (Lipinski definition) is 5. The second kappa shape index (κ2) is 11.4.